The predicted octanol–water partition coefficient (Wildman–Crippen LogP) is 5.00. The lowest BCUT2D eigenvalue weighted by atomic mass is 10.1. The highest BCUT2D eigenvalue weighted by Crippen LogP contribution is 2.36. The number of ether oxygens (including phenoxy) is 1. The van der Waals surface area contributed by atoms with E-state index in [1.165, 1.54) is 37.5 Å². The van der Waals surface area contributed by atoms with Crippen molar-refractivity contribution in [2.24, 2.45) is 0 Å². The number of thiocarbonyl (C=S) groups is 1. The Kier molecular flexibility index (Phi) is 6.38. The van der Waals surface area contributed by atoms with Crippen LogP contribution >= 0.6 is 35.4 Å². The SMILES string of the molecule is COc1cc([N+](=O)[O-])ccc1-c1ccc(/C=C2\C(=O)NC(=S)N(c3cccc(Cl)c3Cl)C2=O)o1. The van der Waals surface area contributed by atoms with E-state index in [9.17, 15) is 19.7 Å². The van der Waals surface area contributed by atoms with Gasteiger partial charge in [0.2, 0.25) is 0 Å². The summed E-state index contributed by atoms with van der Waals surface area (Å²) in [6.07, 6.45) is 1.26. The van der Waals surface area contributed by atoms with Crippen molar-refractivity contribution >= 4 is 69.8 Å². The van der Waals surface area contributed by atoms with Gasteiger partial charge in [-0.05, 0) is 48.6 Å². The lowest BCUT2D eigenvalue weighted by Gasteiger charge is -2.29. The quantitative estimate of drug-likeness (QED) is 0.166. The molecule has 0 radical (unpaired) electrons. The molecular formula is C22H13Cl2N3O6S. The van der Waals surface area contributed by atoms with E-state index in [2.05, 4.69) is 5.32 Å². The summed E-state index contributed by atoms with van der Waals surface area (Å²) in [6.45, 7) is 0. The first-order valence-corrected chi connectivity index (χ1v) is 10.7. The smallest absolute Gasteiger partial charge is 0.273 e. The maximum Gasteiger partial charge on any atom is 0.273 e. The monoisotopic (exact) mass is 517 g/mol. The standard InChI is InChI=1S/C22H13Cl2N3O6S/c1-32-18-9-11(27(30)31)5-7-13(18)17-8-6-12(33-17)10-14-20(28)25-22(34)26(21(14)29)16-4-2-3-15(23)19(16)24/h2-10H,1H3,(H,25,28,34)/b14-10+. The van der Waals surface area contributed by atoms with Crippen molar-refractivity contribution in [2.75, 3.05) is 12.0 Å². The Morgan fingerprint density at radius 2 is 1.94 bits per heavy atom. The zero-order valence-corrected chi connectivity index (χ0v) is 19.5. The number of hydrogen-bond acceptors (Lipinski definition) is 7. The van der Waals surface area contributed by atoms with Gasteiger partial charge in [0.05, 0.1) is 39.4 Å². The number of non-ortho nitro benzene ring substituents is 1. The van der Waals surface area contributed by atoms with Crippen LogP contribution < -0.4 is 15.0 Å². The maximum absolute atomic E-state index is 13.2. The number of methoxy groups -OCH3 is 1. The lowest BCUT2D eigenvalue weighted by molar-refractivity contribution is -0.384. The summed E-state index contributed by atoms with van der Waals surface area (Å²) in [4.78, 5) is 37.2. The Morgan fingerprint density at radius 3 is 2.65 bits per heavy atom. The fourth-order valence-electron chi connectivity index (χ4n) is 3.26. The van der Waals surface area contributed by atoms with Crippen LogP contribution in [0.2, 0.25) is 10.0 Å². The van der Waals surface area contributed by atoms with E-state index in [0.29, 0.717) is 11.3 Å². The lowest BCUT2D eigenvalue weighted by Crippen LogP contribution is -2.54. The molecule has 0 saturated carbocycles. The van der Waals surface area contributed by atoms with Crippen LogP contribution in [0.4, 0.5) is 11.4 Å². The minimum atomic E-state index is -0.719. The summed E-state index contributed by atoms with van der Waals surface area (Å²) >= 11 is 17.5. The Balaban J connectivity index is 1.70. The second-order valence-electron chi connectivity index (χ2n) is 6.87. The van der Waals surface area contributed by atoms with Crippen molar-refractivity contribution in [3.63, 3.8) is 0 Å². The van der Waals surface area contributed by atoms with E-state index in [1.807, 2.05) is 0 Å². The number of nitro groups is 1. The molecule has 0 spiro atoms. The molecule has 1 aliphatic heterocycles. The van der Waals surface area contributed by atoms with Gasteiger partial charge < -0.3 is 9.15 Å². The summed E-state index contributed by atoms with van der Waals surface area (Å²) in [5.74, 6) is -0.716. The molecule has 3 aromatic rings. The minimum absolute atomic E-state index is 0.0981. The van der Waals surface area contributed by atoms with Gasteiger partial charge in [-0.1, -0.05) is 29.3 Å². The first-order chi connectivity index (χ1) is 16.2. The number of nitrogens with zero attached hydrogens (tertiary/aromatic N) is 2. The molecule has 0 atom stereocenters. The normalized spacial score (nSPS) is 15.0. The second-order valence-corrected chi connectivity index (χ2v) is 8.05. The van der Waals surface area contributed by atoms with Crippen molar-refractivity contribution < 1.29 is 23.7 Å². The van der Waals surface area contributed by atoms with E-state index in [0.717, 1.165) is 4.90 Å². The molecule has 1 fully saturated rings. The summed E-state index contributed by atoms with van der Waals surface area (Å²) in [5.41, 5.74) is 0.271. The van der Waals surface area contributed by atoms with Gasteiger partial charge in [0, 0.05) is 6.07 Å². The molecule has 1 saturated heterocycles. The number of carbonyl (C=O) groups excluding carboxylic acids is 2. The molecule has 1 N–H and O–H groups in total. The van der Waals surface area contributed by atoms with Crippen LogP contribution in [0.1, 0.15) is 5.76 Å². The topological polar surface area (TPSA) is 115 Å². The number of carbonyl (C=O) groups is 2. The van der Waals surface area contributed by atoms with Crippen molar-refractivity contribution in [1.29, 1.82) is 0 Å². The maximum atomic E-state index is 13.2. The van der Waals surface area contributed by atoms with Gasteiger partial charge >= 0.3 is 0 Å². The highest BCUT2D eigenvalue weighted by molar-refractivity contribution is 7.80. The largest absolute Gasteiger partial charge is 0.496 e. The van der Waals surface area contributed by atoms with Crippen molar-refractivity contribution in [3.05, 3.63) is 80.0 Å². The fraction of sp³-hybridized carbons (Fsp3) is 0.0455. The average molecular weight is 518 g/mol. The van der Waals surface area contributed by atoms with E-state index in [4.69, 9.17) is 44.6 Å². The van der Waals surface area contributed by atoms with E-state index < -0.39 is 16.7 Å². The van der Waals surface area contributed by atoms with Crippen LogP contribution in [-0.4, -0.2) is 29.0 Å². The van der Waals surface area contributed by atoms with Crippen LogP contribution in [0.5, 0.6) is 5.75 Å². The van der Waals surface area contributed by atoms with Gasteiger partial charge in [0.25, 0.3) is 17.5 Å². The van der Waals surface area contributed by atoms with E-state index in [-0.39, 0.29) is 43.6 Å². The molecular weight excluding hydrogens is 505 g/mol. The summed E-state index contributed by atoms with van der Waals surface area (Å²) in [6, 6.07) is 11.9. The molecule has 9 nitrogen and oxygen atoms in total. The van der Waals surface area contributed by atoms with Crippen LogP contribution in [0, 0.1) is 10.1 Å². The molecule has 172 valence electrons. The molecule has 0 aliphatic carbocycles. The van der Waals surface area contributed by atoms with Gasteiger partial charge in [-0.15, -0.1) is 0 Å². The number of anilines is 1. The number of halogens is 2. The Bertz CT molecular complexity index is 1400. The van der Waals surface area contributed by atoms with Crippen molar-refractivity contribution in [2.45, 2.75) is 0 Å². The third-order valence-corrected chi connectivity index (χ3v) is 5.94. The zero-order valence-electron chi connectivity index (χ0n) is 17.2. The molecule has 2 aromatic carbocycles. The third kappa shape index (κ3) is 4.26. The number of nitro benzene ring substituents is 1. The van der Waals surface area contributed by atoms with Gasteiger partial charge in [0.1, 0.15) is 22.8 Å². The van der Waals surface area contributed by atoms with Crippen LogP contribution in [0.25, 0.3) is 17.4 Å². The Hall–Kier alpha value is -3.73. The molecule has 4 rings (SSSR count). The number of benzene rings is 2. The zero-order chi connectivity index (χ0) is 24.6. The highest BCUT2D eigenvalue weighted by Gasteiger charge is 2.36. The van der Waals surface area contributed by atoms with Gasteiger partial charge in [-0.3, -0.25) is 29.9 Å². The number of hydrogen-bond donors (Lipinski definition) is 1. The number of rotatable bonds is 5. The summed E-state index contributed by atoms with van der Waals surface area (Å²) < 4.78 is 11.0. The predicted molar refractivity (Wildman–Crippen MR) is 130 cm³/mol. The fourth-order valence-corrected chi connectivity index (χ4v) is 3.91. The Morgan fingerprint density at radius 1 is 1.18 bits per heavy atom. The van der Waals surface area contributed by atoms with Gasteiger partial charge in [-0.2, -0.15) is 0 Å². The molecule has 2 heterocycles. The number of nitrogens with one attached hydrogen (secondary N) is 1. The highest BCUT2D eigenvalue weighted by atomic mass is 35.5. The van der Waals surface area contributed by atoms with Crippen LogP contribution in [-0.2, 0) is 9.59 Å². The first kappa shape index (κ1) is 23.4. The van der Waals surface area contributed by atoms with Crippen molar-refractivity contribution in [3.8, 4) is 17.1 Å². The molecule has 12 heteroatoms. The first-order valence-electron chi connectivity index (χ1n) is 9.49. The van der Waals surface area contributed by atoms with Crippen molar-refractivity contribution in [1.82, 2.24) is 5.32 Å². The second kappa shape index (κ2) is 9.26. The Labute approximate surface area is 207 Å². The molecule has 2 amide bonds. The van der Waals surface area contributed by atoms with Gasteiger partial charge in [-0.25, -0.2) is 0 Å². The van der Waals surface area contributed by atoms with E-state index in [1.54, 1.807) is 24.3 Å². The number of furan rings is 1. The molecule has 1 aromatic heterocycles. The summed E-state index contributed by atoms with van der Waals surface area (Å²) in [5, 5.41) is 13.6. The number of amides is 2. The van der Waals surface area contributed by atoms with Gasteiger partial charge in [0.15, 0.2) is 5.11 Å². The third-order valence-electron chi connectivity index (χ3n) is 4.85. The minimum Gasteiger partial charge on any atom is -0.496 e. The van der Waals surface area contributed by atoms with Crippen LogP contribution in [0.3, 0.4) is 0 Å². The van der Waals surface area contributed by atoms with E-state index >= 15 is 0 Å². The summed E-state index contributed by atoms with van der Waals surface area (Å²) in [7, 11) is 1.37. The molecule has 1 aliphatic rings. The molecule has 34 heavy (non-hydrogen) atoms. The molecule has 0 bridgehead atoms. The van der Waals surface area contributed by atoms with Crippen LogP contribution in [0.15, 0.2) is 58.5 Å². The average Bonchev–Trinajstić information content (AvgIpc) is 3.27. The molecule has 0 unspecified atom stereocenters.